The lowest BCUT2D eigenvalue weighted by Crippen LogP contribution is -2.18. The average Bonchev–Trinajstić information content (AvgIpc) is 2.77. The number of aryl methyl sites for hydroxylation is 1. The molecule has 0 fully saturated rings. The topological polar surface area (TPSA) is 42.4 Å². The van der Waals surface area contributed by atoms with E-state index in [0.717, 1.165) is 11.3 Å². The smallest absolute Gasteiger partial charge is 0.128 e. The van der Waals surface area contributed by atoms with Gasteiger partial charge >= 0.3 is 0 Å². The lowest BCUT2D eigenvalue weighted by atomic mass is 10.1. The van der Waals surface area contributed by atoms with Gasteiger partial charge in [0, 0.05) is 29.8 Å². The fourth-order valence-electron chi connectivity index (χ4n) is 2.04. The zero-order chi connectivity index (χ0) is 14.7. The van der Waals surface area contributed by atoms with Crippen molar-refractivity contribution in [1.82, 2.24) is 4.90 Å². The van der Waals surface area contributed by atoms with Gasteiger partial charge in [-0.2, -0.15) is 0 Å². The number of nitrogens with zero attached hydrogens (tertiary/aromatic N) is 1. The molecule has 0 bridgehead atoms. The molecule has 0 aliphatic heterocycles. The van der Waals surface area contributed by atoms with Gasteiger partial charge in [-0.1, -0.05) is 24.4 Å². The summed E-state index contributed by atoms with van der Waals surface area (Å²) in [6.07, 6.45) is 1.66. The van der Waals surface area contributed by atoms with Crippen LogP contribution >= 0.6 is 12.2 Å². The zero-order valence-corrected chi connectivity index (χ0v) is 12.3. The lowest BCUT2D eigenvalue weighted by molar-refractivity contribution is 0.311. The number of hydrogen-bond donors (Lipinski definition) is 1. The first-order valence-corrected chi connectivity index (χ1v) is 6.68. The van der Waals surface area contributed by atoms with Crippen LogP contribution in [0.25, 0.3) is 0 Å². The van der Waals surface area contributed by atoms with Crippen molar-refractivity contribution in [3.63, 3.8) is 0 Å². The molecule has 3 nitrogen and oxygen atoms in total. The minimum Gasteiger partial charge on any atom is -0.469 e. The molecule has 106 valence electrons. The summed E-state index contributed by atoms with van der Waals surface area (Å²) in [5, 5.41) is 0. The maximum Gasteiger partial charge on any atom is 0.128 e. The largest absolute Gasteiger partial charge is 0.469 e. The molecule has 1 heterocycles. The molecule has 1 aromatic carbocycles. The molecule has 0 spiro atoms. The van der Waals surface area contributed by atoms with Gasteiger partial charge in [0.1, 0.15) is 16.6 Å². The van der Waals surface area contributed by atoms with E-state index in [2.05, 4.69) is 0 Å². The number of thiocarbonyl (C=S) groups is 1. The second-order valence-corrected chi connectivity index (χ2v) is 5.28. The second-order valence-electron chi connectivity index (χ2n) is 4.84. The number of rotatable bonds is 5. The van der Waals surface area contributed by atoms with Crippen LogP contribution in [0.5, 0.6) is 0 Å². The molecular formula is C15H17FN2OS. The standard InChI is InChI=1S/C15H17FN2OS/c1-10-12(5-6-19-10)8-18(2)9-13-4-3-11(15(17)20)7-14(13)16/h3-7H,8-9H2,1-2H3,(H2,17,20). The average molecular weight is 292 g/mol. The molecule has 0 saturated heterocycles. The van der Waals surface area contributed by atoms with Crippen molar-refractivity contribution in [2.24, 2.45) is 5.73 Å². The van der Waals surface area contributed by atoms with E-state index in [0.29, 0.717) is 24.2 Å². The Morgan fingerprint density at radius 1 is 1.30 bits per heavy atom. The SMILES string of the molecule is Cc1occc1CN(C)Cc1ccc(C(N)=S)cc1F. The third-order valence-corrected chi connectivity index (χ3v) is 3.42. The van der Waals surface area contributed by atoms with E-state index in [1.54, 1.807) is 18.4 Å². The van der Waals surface area contributed by atoms with Crippen LogP contribution in [0.3, 0.4) is 0 Å². The van der Waals surface area contributed by atoms with Gasteiger partial charge in [0.2, 0.25) is 0 Å². The molecule has 0 unspecified atom stereocenters. The summed E-state index contributed by atoms with van der Waals surface area (Å²) in [4.78, 5) is 2.23. The van der Waals surface area contributed by atoms with Gasteiger partial charge in [-0.05, 0) is 26.1 Å². The second kappa shape index (κ2) is 6.15. The first kappa shape index (κ1) is 14.7. The highest BCUT2D eigenvalue weighted by Gasteiger charge is 2.10. The molecule has 0 atom stereocenters. The lowest BCUT2D eigenvalue weighted by Gasteiger charge is -2.17. The minimum atomic E-state index is -0.286. The van der Waals surface area contributed by atoms with E-state index < -0.39 is 0 Å². The molecule has 0 amide bonds. The molecule has 0 saturated carbocycles. The fraction of sp³-hybridized carbons (Fsp3) is 0.267. The van der Waals surface area contributed by atoms with Gasteiger partial charge in [-0.15, -0.1) is 0 Å². The highest BCUT2D eigenvalue weighted by molar-refractivity contribution is 7.80. The molecule has 20 heavy (non-hydrogen) atoms. The number of hydrogen-bond acceptors (Lipinski definition) is 3. The molecular weight excluding hydrogens is 275 g/mol. The van der Waals surface area contributed by atoms with Gasteiger partial charge in [-0.3, -0.25) is 4.90 Å². The summed E-state index contributed by atoms with van der Waals surface area (Å²) >= 11 is 4.83. The first-order valence-electron chi connectivity index (χ1n) is 6.27. The minimum absolute atomic E-state index is 0.206. The molecule has 0 aliphatic rings. The van der Waals surface area contributed by atoms with Crippen LogP contribution in [0.2, 0.25) is 0 Å². The van der Waals surface area contributed by atoms with Crippen LogP contribution in [-0.4, -0.2) is 16.9 Å². The number of halogens is 1. The van der Waals surface area contributed by atoms with E-state index in [-0.39, 0.29) is 10.8 Å². The summed E-state index contributed by atoms with van der Waals surface area (Å²) in [5.74, 6) is 0.604. The van der Waals surface area contributed by atoms with Crippen LogP contribution in [0.4, 0.5) is 4.39 Å². The molecule has 2 rings (SSSR count). The van der Waals surface area contributed by atoms with Crippen LogP contribution in [0.15, 0.2) is 34.9 Å². The van der Waals surface area contributed by atoms with E-state index in [1.165, 1.54) is 6.07 Å². The van der Waals surface area contributed by atoms with Gasteiger partial charge in [0.25, 0.3) is 0 Å². The highest BCUT2D eigenvalue weighted by atomic mass is 32.1. The monoisotopic (exact) mass is 292 g/mol. The molecule has 2 N–H and O–H groups in total. The van der Waals surface area contributed by atoms with Crippen molar-refractivity contribution in [2.45, 2.75) is 20.0 Å². The normalized spacial score (nSPS) is 11.0. The van der Waals surface area contributed by atoms with Crippen molar-refractivity contribution in [3.05, 3.63) is 58.8 Å². The third kappa shape index (κ3) is 3.43. The Bertz CT molecular complexity index is 624. The number of benzene rings is 1. The van der Waals surface area contributed by atoms with Crippen molar-refractivity contribution in [2.75, 3.05) is 7.05 Å². The quantitative estimate of drug-likeness (QED) is 0.860. The van der Waals surface area contributed by atoms with Crippen molar-refractivity contribution >= 4 is 17.2 Å². The van der Waals surface area contributed by atoms with Gasteiger partial charge < -0.3 is 10.2 Å². The summed E-state index contributed by atoms with van der Waals surface area (Å²) in [6.45, 7) is 3.13. The van der Waals surface area contributed by atoms with Crippen molar-refractivity contribution in [3.8, 4) is 0 Å². The van der Waals surface area contributed by atoms with E-state index in [4.69, 9.17) is 22.4 Å². The molecule has 0 radical (unpaired) electrons. The maximum absolute atomic E-state index is 14.0. The Hall–Kier alpha value is -1.72. The van der Waals surface area contributed by atoms with Gasteiger partial charge in [0.15, 0.2) is 0 Å². The third-order valence-electron chi connectivity index (χ3n) is 3.18. The zero-order valence-electron chi connectivity index (χ0n) is 11.5. The fourth-order valence-corrected chi connectivity index (χ4v) is 2.17. The van der Waals surface area contributed by atoms with E-state index >= 15 is 0 Å². The van der Waals surface area contributed by atoms with Crippen LogP contribution in [0, 0.1) is 12.7 Å². The number of furan rings is 1. The Morgan fingerprint density at radius 2 is 2.00 bits per heavy atom. The summed E-state index contributed by atoms with van der Waals surface area (Å²) < 4.78 is 19.2. The summed E-state index contributed by atoms with van der Waals surface area (Å²) in [7, 11) is 1.94. The van der Waals surface area contributed by atoms with E-state index in [1.807, 2.05) is 24.9 Å². The van der Waals surface area contributed by atoms with Crippen LogP contribution in [-0.2, 0) is 13.1 Å². The summed E-state index contributed by atoms with van der Waals surface area (Å²) in [6, 6.07) is 6.78. The molecule has 1 aromatic heterocycles. The Labute approximate surface area is 123 Å². The molecule has 0 aliphatic carbocycles. The predicted octanol–water partition coefficient (Wildman–Crippen LogP) is 2.99. The Balaban J connectivity index is 2.06. The Kier molecular flexibility index (Phi) is 4.52. The Morgan fingerprint density at radius 3 is 2.55 bits per heavy atom. The van der Waals surface area contributed by atoms with Crippen LogP contribution < -0.4 is 5.73 Å². The molecule has 2 aromatic rings. The predicted molar refractivity (Wildman–Crippen MR) is 80.9 cm³/mol. The first-order chi connectivity index (χ1) is 9.47. The van der Waals surface area contributed by atoms with Crippen molar-refractivity contribution in [1.29, 1.82) is 0 Å². The van der Waals surface area contributed by atoms with Gasteiger partial charge in [0.05, 0.1) is 6.26 Å². The molecule has 5 heteroatoms. The maximum atomic E-state index is 14.0. The van der Waals surface area contributed by atoms with Crippen molar-refractivity contribution < 1.29 is 8.81 Å². The van der Waals surface area contributed by atoms with Gasteiger partial charge in [-0.25, -0.2) is 4.39 Å². The summed E-state index contributed by atoms with van der Waals surface area (Å²) in [5.41, 5.74) is 7.76. The highest BCUT2D eigenvalue weighted by Crippen LogP contribution is 2.16. The van der Waals surface area contributed by atoms with E-state index in [9.17, 15) is 4.39 Å². The number of nitrogens with two attached hydrogens (primary N) is 1. The van der Waals surface area contributed by atoms with Crippen LogP contribution in [0.1, 0.15) is 22.5 Å².